The summed E-state index contributed by atoms with van der Waals surface area (Å²) < 4.78 is 9.44. The maximum absolute atomic E-state index is 5.68. The van der Waals surface area contributed by atoms with Gasteiger partial charge in [-0.1, -0.05) is 0 Å². The summed E-state index contributed by atoms with van der Waals surface area (Å²) in [6, 6.07) is 4.60. The monoisotopic (exact) mass is 433 g/mol. The normalized spacial score (nSPS) is 21.3. The SMILES string of the molecule is CC1c2cc(N3CCOC[C@H]3C)nc3c2c(nn3-c2ccn[nH]2)CCN1c1cnn(C)c1. The zero-order valence-electron chi connectivity index (χ0n) is 18.6. The third-order valence-electron chi connectivity index (χ3n) is 6.63. The topological polar surface area (TPSA) is 92.9 Å². The van der Waals surface area contributed by atoms with Gasteiger partial charge in [0.1, 0.15) is 5.82 Å². The van der Waals surface area contributed by atoms with Gasteiger partial charge in [0.2, 0.25) is 0 Å². The number of hydrogen-bond acceptors (Lipinski definition) is 7. The maximum atomic E-state index is 5.68. The Morgan fingerprint density at radius 2 is 2.09 bits per heavy atom. The molecule has 2 aliphatic heterocycles. The van der Waals surface area contributed by atoms with Crippen LogP contribution in [0.25, 0.3) is 16.9 Å². The van der Waals surface area contributed by atoms with E-state index < -0.39 is 0 Å². The quantitative estimate of drug-likeness (QED) is 0.530. The second kappa shape index (κ2) is 7.33. The van der Waals surface area contributed by atoms with E-state index in [1.807, 2.05) is 28.7 Å². The summed E-state index contributed by atoms with van der Waals surface area (Å²) in [5.74, 6) is 1.79. The molecule has 1 N–H and O–H groups in total. The molecule has 0 spiro atoms. The highest BCUT2D eigenvalue weighted by Gasteiger charge is 2.31. The number of anilines is 2. The van der Waals surface area contributed by atoms with Gasteiger partial charge in [-0.25, -0.2) is 4.98 Å². The van der Waals surface area contributed by atoms with E-state index >= 15 is 0 Å². The molecule has 1 unspecified atom stereocenters. The lowest BCUT2D eigenvalue weighted by atomic mass is 10.0. The van der Waals surface area contributed by atoms with Crippen LogP contribution in [0.2, 0.25) is 0 Å². The maximum Gasteiger partial charge on any atom is 0.167 e. The lowest BCUT2D eigenvalue weighted by Crippen LogP contribution is -2.44. The van der Waals surface area contributed by atoms with E-state index in [2.05, 4.69) is 51.2 Å². The molecule has 6 rings (SSSR count). The molecule has 6 heterocycles. The molecule has 1 fully saturated rings. The van der Waals surface area contributed by atoms with Crippen LogP contribution in [0.4, 0.5) is 11.5 Å². The minimum atomic E-state index is 0.153. The molecule has 2 aliphatic rings. The van der Waals surface area contributed by atoms with E-state index in [4.69, 9.17) is 14.8 Å². The van der Waals surface area contributed by atoms with Crippen molar-refractivity contribution in [1.82, 2.24) is 34.7 Å². The smallest absolute Gasteiger partial charge is 0.167 e. The van der Waals surface area contributed by atoms with Crippen molar-refractivity contribution in [3.8, 4) is 5.82 Å². The van der Waals surface area contributed by atoms with Crippen molar-refractivity contribution in [2.75, 3.05) is 36.1 Å². The highest BCUT2D eigenvalue weighted by atomic mass is 16.5. The fourth-order valence-electron chi connectivity index (χ4n) is 4.95. The summed E-state index contributed by atoms with van der Waals surface area (Å²) >= 11 is 0. The van der Waals surface area contributed by atoms with Crippen LogP contribution in [0.1, 0.15) is 31.1 Å². The first kappa shape index (κ1) is 19.3. The van der Waals surface area contributed by atoms with E-state index in [1.165, 1.54) is 5.56 Å². The van der Waals surface area contributed by atoms with Gasteiger partial charge in [-0.15, -0.1) is 0 Å². The standard InChI is InChI=1S/C22H27N9O/c1-14-13-32-9-8-29(14)20-10-17-15(2)30(16-11-24-28(3)12-16)7-5-18-21(17)22(25-20)31(27-18)19-4-6-23-26-19/h4,6,10-12,14-15H,5,7-9,13H2,1-3H3,(H,23,26)/t14-,15?/m1/s1. The number of pyridine rings is 1. The van der Waals surface area contributed by atoms with Gasteiger partial charge in [0.05, 0.1) is 49.1 Å². The van der Waals surface area contributed by atoms with E-state index in [0.717, 1.165) is 53.6 Å². The van der Waals surface area contributed by atoms with Crippen LogP contribution in [0.5, 0.6) is 0 Å². The Balaban J connectivity index is 1.56. The molecule has 0 radical (unpaired) electrons. The molecule has 1 saturated heterocycles. The number of H-pyrrole nitrogens is 1. The Morgan fingerprint density at radius 3 is 2.84 bits per heavy atom. The van der Waals surface area contributed by atoms with E-state index in [9.17, 15) is 0 Å². The van der Waals surface area contributed by atoms with Crippen molar-refractivity contribution in [2.45, 2.75) is 32.4 Å². The first-order chi connectivity index (χ1) is 15.6. The molecule has 0 bridgehead atoms. The molecule has 0 saturated carbocycles. The molecule has 10 heteroatoms. The van der Waals surface area contributed by atoms with Crippen LogP contribution in [0.15, 0.2) is 30.7 Å². The summed E-state index contributed by atoms with van der Waals surface area (Å²) in [4.78, 5) is 9.89. The number of rotatable bonds is 3. The van der Waals surface area contributed by atoms with Crippen LogP contribution >= 0.6 is 0 Å². The summed E-state index contributed by atoms with van der Waals surface area (Å²) in [6.07, 6.45) is 6.59. The molecule has 0 aliphatic carbocycles. The number of nitrogens with zero attached hydrogens (tertiary/aromatic N) is 8. The van der Waals surface area contributed by atoms with Crippen molar-refractivity contribution >= 4 is 22.5 Å². The fraction of sp³-hybridized carbons (Fsp3) is 0.455. The van der Waals surface area contributed by atoms with Gasteiger partial charge in [-0.2, -0.15) is 20.0 Å². The molecule has 0 amide bonds. The third kappa shape index (κ3) is 2.97. The Hall–Kier alpha value is -3.40. The van der Waals surface area contributed by atoms with Crippen molar-refractivity contribution in [3.63, 3.8) is 0 Å². The summed E-state index contributed by atoms with van der Waals surface area (Å²) in [5, 5.41) is 17.7. The Morgan fingerprint density at radius 1 is 1.19 bits per heavy atom. The van der Waals surface area contributed by atoms with Crippen molar-refractivity contribution in [2.24, 2.45) is 7.05 Å². The van der Waals surface area contributed by atoms with Crippen LogP contribution in [-0.4, -0.2) is 67.1 Å². The fourth-order valence-corrected chi connectivity index (χ4v) is 4.95. The van der Waals surface area contributed by atoms with E-state index in [0.29, 0.717) is 13.2 Å². The predicted octanol–water partition coefficient (Wildman–Crippen LogP) is 2.23. The van der Waals surface area contributed by atoms with Gasteiger partial charge in [-0.05, 0) is 25.5 Å². The van der Waals surface area contributed by atoms with Crippen molar-refractivity contribution < 1.29 is 4.74 Å². The number of ether oxygens (including phenoxy) is 1. The van der Waals surface area contributed by atoms with Crippen molar-refractivity contribution in [3.05, 3.63) is 42.0 Å². The van der Waals surface area contributed by atoms with Crippen LogP contribution in [0.3, 0.4) is 0 Å². The number of aryl methyl sites for hydroxylation is 1. The highest BCUT2D eigenvalue weighted by Crippen LogP contribution is 2.38. The van der Waals surface area contributed by atoms with Gasteiger partial charge in [0, 0.05) is 44.2 Å². The lowest BCUT2D eigenvalue weighted by molar-refractivity contribution is 0.0985. The highest BCUT2D eigenvalue weighted by molar-refractivity contribution is 5.87. The van der Waals surface area contributed by atoms with Gasteiger partial charge in [0.25, 0.3) is 0 Å². The van der Waals surface area contributed by atoms with Crippen LogP contribution < -0.4 is 9.80 Å². The molecule has 4 aromatic heterocycles. The number of aromatic amines is 1. The Kier molecular flexibility index (Phi) is 4.42. The molecular formula is C22H27N9O. The van der Waals surface area contributed by atoms with E-state index in [-0.39, 0.29) is 12.1 Å². The minimum Gasteiger partial charge on any atom is -0.377 e. The second-order valence-electron chi connectivity index (χ2n) is 8.68. The summed E-state index contributed by atoms with van der Waals surface area (Å²) in [7, 11) is 1.96. The first-order valence-corrected chi connectivity index (χ1v) is 11.1. The molecule has 0 aromatic carbocycles. The number of nitrogens with one attached hydrogen (secondary N) is 1. The molecule has 166 valence electrons. The number of aromatic nitrogens is 7. The van der Waals surface area contributed by atoms with Crippen LogP contribution in [-0.2, 0) is 18.2 Å². The third-order valence-corrected chi connectivity index (χ3v) is 6.63. The van der Waals surface area contributed by atoms with Gasteiger partial charge in [0.15, 0.2) is 11.5 Å². The number of hydrogen-bond donors (Lipinski definition) is 1. The summed E-state index contributed by atoms with van der Waals surface area (Å²) in [6.45, 7) is 7.55. The minimum absolute atomic E-state index is 0.153. The Bertz CT molecular complexity index is 1260. The molecule has 10 nitrogen and oxygen atoms in total. The van der Waals surface area contributed by atoms with Gasteiger partial charge in [-0.3, -0.25) is 9.78 Å². The first-order valence-electron chi connectivity index (χ1n) is 11.1. The van der Waals surface area contributed by atoms with Gasteiger partial charge < -0.3 is 14.5 Å². The lowest BCUT2D eigenvalue weighted by Gasteiger charge is -2.35. The molecule has 2 atom stereocenters. The van der Waals surface area contributed by atoms with Crippen LogP contribution in [0, 0.1) is 0 Å². The zero-order chi connectivity index (χ0) is 21.8. The zero-order valence-corrected chi connectivity index (χ0v) is 18.6. The average Bonchev–Trinajstić information content (AvgIpc) is 3.52. The second-order valence-corrected chi connectivity index (χ2v) is 8.68. The Labute approximate surface area is 185 Å². The molecular weight excluding hydrogens is 406 g/mol. The van der Waals surface area contributed by atoms with E-state index in [1.54, 1.807) is 6.20 Å². The summed E-state index contributed by atoms with van der Waals surface area (Å²) in [5.41, 5.74) is 4.30. The number of morpholine rings is 1. The molecule has 4 aromatic rings. The largest absolute Gasteiger partial charge is 0.377 e. The average molecular weight is 434 g/mol. The van der Waals surface area contributed by atoms with Gasteiger partial charge >= 0.3 is 0 Å². The predicted molar refractivity (Wildman–Crippen MR) is 121 cm³/mol. The molecule has 32 heavy (non-hydrogen) atoms. The van der Waals surface area contributed by atoms with Crippen molar-refractivity contribution in [1.29, 1.82) is 0 Å².